The van der Waals surface area contributed by atoms with Gasteiger partial charge in [0, 0.05) is 5.69 Å². The van der Waals surface area contributed by atoms with E-state index in [0.29, 0.717) is 12.5 Å². The molecule has 0 unspecified atom stereocenters. The summed E-state index contributed by atoms with van der Waals surface area (Å²) in [5, 5.41) is 3.15. The van der Waals surface area contributed by atoms with Crippen molar-refractivity contribution in [2.75, 3.05) is 19.0 Å². The molecule has 0 saturated carbocycles. The van der Waals surface area contributed by atoms with Crippen LogP contribution < -0.4 is 11.1 Å². The molecule has 0 fully saturated rings. The first-order valence-electron chi connectivity index (χ1n) is 6.86. The molecule has 0 aromatic heterocycles. The number of hydrogen-bond donors (Lipinski definition) is 2. The Kier molecular flexibility index (Phi) is 6.56. The Bertz CT molecular complexity index is 462. The average molecular weight is 277 g/mol. The average Bonchev–Trinajstić information content (AvgIpc) is 2.47. The molecule has 0 bridgehead atoms. The van der Waals surface area contributed by atoms with Crippen molar-refractivity contribution in [1.29, 1.82) is 0 Å². The zero-order chi connectivity index (χ0) is 15.0. The summed E-state index contributed by atoms with van der Waals surface area (Å²) in [6.45, 7) is 4.52. The Morgan fingerprint density at radius 2 is 1.90 bits per heavy atom. The number of aliphatic imine (C=N–C) groups is 1. The fourth-order valence-electron chi connectivity index (χ4n) is 1.94. The lowest BCUT2D eigenvalue weighted by Gasteiger charge is -2.14. The van der Waals surface area contributed by atoms with Gasteiger partial charge in [0.25, 0.3) is 0 Å². The lowest BCUT2D eigenvalue weighted by Crippen LogP contribution is -2.24. The first-order valence-corrected chi connectivity index (χ1v) is 6.86. The number of ether oxygens (including phenoxy) is 1. The SMILES string of the molecule is CCc1cccc(CC)c1NC(N)=NCCC(=O)OC. The summed E-state index contributed by atoms with van der Waals surface area (Å²) >= 11 is 0. The van der Waals surface area contributed by atoms with Crippen LogP contribution in [0.5, 0.6) is 0 Å². The second kappa shape index (κ2) is 8.19. The zero-order valence-corrected chi connectivity index (χ0v) is 12.4. The number of guanidine groups is 1. The van der Waals surface area contributed by atoms with Crippen molar-refractivity contribution in [3.8, 4) is 0 Å². The summed E-state index contributed by atoms with van der Waals surface area (Å²) in [7, 11) is 1.36. The van der Waals surface area contributed by atoms with Crippen LogP contribution in [-0.4, -0.2) is 25.6 Å². The number of nitrogens with two attached hydrogens (primary N) is 1. The standard InChI is InChI=1S/C15H23N3O2/c1-4-11-7-6-8-12(5-2)14(11)18-15(16)17-10-9-13(19)20-3/h6-8H,4-5,9-10H2,1-3H3,(H3,16,17,18). The van der Waals surface area contributed by atoms with Crippen LogP contribution in [0.15, 0.2) is 23.2 Å². The fourth-order valence-corrected chi connectivity index (χ4v) is 1.94. The molecule has 0 radical (unpaired) electrons. The molecule has 0 atom stereocenters. The lowest BCUT2D eigenvalue weighted by molar-refractivity contribution is -0.140. The Balaban J connectivity index is 2.76. The molecule has 0 amide bonds. The molecule has 0 aliphatic rings. The maximum absolute atomic E-state index is 11.0. The van der Waals surface area contributed by atoms with Gasteiger partial charge in [-0.1, -0.05) is 32.0 Å². The molecule has 1 aromatic carbocycles. The molecular weight excluding hydrogens is 254 g/mol. The predicted molar refractivity (Wildman–Crippen MR) is 81.9 cm³/mol. The minimum atomic E-state index is -0.287. The molecular formula is C15H23N3O2. The maximum atomic E-state index is 11.0. The van der Waals surface area contributed by atoms with Crippen molar-refractivity contribution in [2.24, 2.45) is 10.7 Å². The van der Waals surface area contributed by atoms with E-state index in [1.54, 1.807) is 0 Å². The number of anilines is 1. The maximum Gasteiger partial charge on any atom is 0.307 e. The highest BCUT2D eigenvalue weighted by molar-refractivity contribution is 5.94. The Hall–Kier alpha value is -2.04. The van der Waals surface area contributed by atoms with Crippen LogP contribution in [0.25, 0.3) is 0 Å². The van der Waals surface area contributed by atoms with E-state index in [1.807, 2.05) is 6.07 Å². The van der Waals surface area contributed by atoms with E-state index in [1.165, 1.54) is 18.2 Å². The van der Waals surface area contributed by atoms with Gasteiger partial charge in [0.1, 0.15) is 0 Å². The lowest BCUT2D eigenvalue weighted by atomic mass is 10.0. The number of carbonyl (C=O) groups excluding carboxylic acids is 1. The second-order valence-corrected chi connectivity index (χ2v) is 4.38. The van der Waals surface area contributed by atoms with Gasteiger partial charge in [0.05, 0.1) is 20.1 Å². The van der Waals surface area contributed by atoms with Crippen LogP contribution in [0, 0.1) is 0 Å². The normalized spacial score (nSPS) is 11.2. The number of carbonyl (C=O) groups is 1. The highest BCUT2D eigenvalue weighted by atomic mass is 16.5. The largest absolute Gasteiger partial charge is 0.469 e. The first-order chi connectivity index (χ1) is 9.62. The van der Waals surface area contributed by atoms with E-state index in [9.17, 15) is 4.79 Å². The highest BCUT2D eigenvalue weighted by Gasteiger charge is 2.07. The van der Waals surface area contributed by atoms with Crippen LogP contribution >= 0.6 is 0 Å². The van der Waals surface area contributed by atoms with E-state index < -0.39 is 0 Å². The van der Waals surface area contributed by atoms with Gasteiger partial charge in [-0.3, -0.25) is 9.79 Å². The Morgan fingerprint density at radius 3 is 2.40 bits per heavy atom. The first kappa shape index (κ1) is 16.0. The number of rotatable bonds is 6. The van der Waals surface area contributed by atoms with Crippen molar-refractivity contribution in [2.45, 2.75) is 33.1 Å². The zero-order valence-electron chi connectivity index (χ0n) is 12.4. The van der Waals surface area contributed by atoms with Gasteiger partial charge in [-0.2, -0.15) is 0 Å². The Morgan fingerprint density at radius 1 is 1.30 bits per heavy atom. The minimum absolute atomic E-state index is 0.231. The smallest absolute Gasteiger partial charge is 0.307 e. The molecule has 0 spiro atoms. The predicted octanol–water partition coefficient (Wildman–Crippen LogP) is 2.10. The highest BCUT2D eigenvalue weighted by Crippen LogP contribution is 2.22. The van der Waals surface area contributed by atoms with E-state index in [4.69, 9.17) is 5.73 Å². The number of hydrogen-bond acceptors (Lipinski definition) is 3. The van der Waals surface area contributed by atoms with Crippen LogP contribution in [0.2, 0.25) is 0 Å². The molecule has 3 N–H and O–H groups in total. The van der Waals surface area contributed by atoms with Crippen molar-refractivity contribution in [3.63, 3.8) is 0 Å². The van der Waals surface area contributed by atoms with E-state index in [-0.39, 0.29) is 12.4 Å². The van der Waals surface area contributed by atoms with Crippen molar-refractivity contribution in [1.82, 2.24) is 0 Å². The number of methoxy groups -OCH3 is 1. The quantitative estimate of drug-likeness (QED) is 0.474. The molecule has 5 heteroatoms. The summed E-state index contributed by atoms with van der Waals surface area (Å²) in [6.07, 6.45) is 2.08. The van der Waals surface area contributed by atoms with Crippen molar-refractivity contribution < 1.29 is 9.53 Å². The third kappa shape index (κ3) is 4.57. The fraction of sp³-hybridized carbons (Fsp3) is 0.467. The van der Waals surface area contributed by atoms with E-state index in [2.05, 4.69) is 41.0 Å². The third-order valence-electron chi connectivity index (χ3n) is 3.08. The molecule has 0 saturated heterocycles. The molecule has 1 aromatic rings. The van der Waals surface area contributed by atoms with Gasteiger partial charge in [0.15, 0.2) is 5.96 Å². The molecule has 1 rings (SSSR count). The molecule has 0 aliphatic heterocycles. The number of benzene rings is 1. The molecule has 20 heavy (non-hydrogen) atoms. The number of esters is 1. The molecule has 110 valence electrons. The van der Waals surface area contributed by atoms with Crippen LogP contribution in [-0.2, 0) is 22.4 Å². The number of aryl methyl sites for hydroxylation is 2. The van der Waals surface area contributed by atoms with Gasteiger partial charge in [-0.15, -0.1) is 0 Å². The van der Waals surface area contributed by atoms with Gasteiger partial charge in [-0.05, 0) is 24.0 Å². The second-order valence-electron chi connectivity index (χ2n) is 4.38. The van der Waals surface area contributed by atoms with Gasteiger partial charge < -0.3 is 15.8 Å². The molecule has 0 heterocycles. The Labute approximate surface area is 120 Å². The number of nitrogens with one attached hydrogen (secondary N) is 1. The van der Waals surface area contributed by atoms with Crippen LogP contribution in [0.3, 0.4) is 0 Å². The number of para-hydroxylation sites is 1. The van der Waals surface area contributed by atoms with Gasteiger partial charge in [0.2, 0.25) is 0 Å². The monoisotopic (exact) mass is 277 g/mol. The van der Waals surface area contributed by atoms with Gasteiger partial charge in [-0.25, -0.2) is 0 Å². The third-order valence-corrected chi connectivity index (χ3v) is 3.08. The summed E-state index contributed by atoms with van der Waals surface area (Å²) in [5.74, 6) is 0.0364. The summed E-state index contributed by atoms with van der Waals surface area (Å²) in [5.41, 5.74) is 9.30. The summed E-state index contributed by atoms with van der Waals surface area (Å²) < 4.78 is 4.55. The summed E-state index contributed by atoms with van der Waals surface area (Å²) in [4.78, 5) is 15.1. The van der Waals surface area contributed by atoms with Crippen LogP contribution in [0.1, 0.15) is 31.4 Å². The van der Waals surface area contributed by atoms with Gasteiger partial charge >= 0.3 is 5.97 Å². The van der Waals surface area contributed by atoms with E-state index >= 15 is 0 Å². The topological polar surface area (TPSA) is 76.7 Å². The molecule has 5 nitrogen and oxygen atoms in total. The number of nitrogens with zero attached hydrogens (tertiary/aromatic N) is 1. The summed E-state index contributed by atoms with van der Waals surface area (Å²) in [6, 6.07) is 6.19. The van der Waals surface area contributed by atoms with Crippen molar-refractivity contribution >= 4 is 17.6 Å². The van der Waals surface area contributed by atoms with Crippen LogP contribution in [0.4, 0.5) is 5.69 Å². The van der Waals surface area contributed by atoms with E-state index in [0.717, 1.165) is 18.5 Å². The minimum Gasteiger partial charge on any atom is -0.469 e. The molecule has 0 aliphatic carbocycles. The van der Waals surface area contributed by atoms with Crippen molar-refractivity contribution in [3.05, 3.63) is 29.3 Å².